The van der Waals surface area contributed by atoms with E-state index in [2.05, 4.69) is 6.92 Å². The molecule has 0 aliphatic rings. The van der Waals surface area contributed by atoms with E-state index in [9.17, 15) is 9.90 Å². The van der Waals surface area contributed by atoms with Gasteiger partial charge < -0.3 is 18.7 Å². The molecule has 27 heavy (non-hydrogen) atoms. The van der Waals surface area contributed by atoms with Crippen molar-refractivity contribution in [1.82, 2.24) is 0 Å². The highest BCUT2D eigenvalue weighted by atomic mass is 28.3. The van der Waals surface area contributed by atoms with Crippen molar-refractivity contribution in [3.05, 3.63) is 59.7 Å². The number of phenolic OH excluding ortho intramolecular Hbond substituents is 1. The second kappa shape index (κ2) is 10.9. The molecule has 0 saturated carbocycles. The molecule has 6 heteroatoms. The number of ketones is 1. The van der Waals surface area contributed by atoms with E-state index < -0.39 is 9.28 Å². The van der Waals surface area contributed by atoms with Crippen LogP contribution in [0.25, 0.3) is 0 Å². The Hall–Kier alpha value is -2.15. The average molecular weight is 389 g/mol. The molecule has 2 rings (SSSR count). The van der Waals surface area contributed by atoms with Crippen molar-refractivity contribution < 1.29 is 23.5 Å². The Bertz CT molecular complexity index is 714. The maximum Gasteiger partial charge on any atom is 0.363 e. The Balaban J connectivity index is 2.18. The van der Waals surface area contributed by atoms with Gasteiger partial charge in [0.15, 0.2) is 5.78 Å². The summed E-state index contributed by atoms with van der Waals surface area (Å²) < 4.78 is 17.7. The molecule has 2 aromatic rings. The molecule has 0 spiro atoms. The van der Waals surface area contributed by atoms with Crippen molar-refractivity contribution >= 4 is 15.1 Å². The lowest BCUT2D eigenvalue weighted by Gasteiger charge is -2.25. The smallest absolute Gasteiger partial charge is 0.363 e. The average Bonchev–Trinajstić information content (AvgIpc) is 2.68. The summed E-state index contributed by atoms with van der Waals surface area (Å²) in [5.74, 6) is 0.191. The van der Waals surface area contributed by atoms with Crippen molar-refractivity contribution in [2.45, 2.75) is 39.3 Å². The number of benzene rings is 2. The van der Waals surface area contributed by atoms with E-state index in [0.717, 1.165) is 12.8 Å². The van der Waals surface area contributed by atoms with Crippen LogP contribution in [0.5, 0.6) is 11.5 Å². The third kappa shape index (κ3) is 5.92. The van der Waals surface area contributed by atoms with Crippen LogP contribution >= 0.6 is 0 Å². The van der Waals surface area contributed by atoms with Gasteiger partial charge in [-0.15, -0.1) is 0 Å². The monoisotopic (exact) mass is 388 g/mol. The largest absolute Gasteiger partial charge is 0.507 e. The van der Waals surface area contributed by atoms with Crippen molar-refractivity contribution in [3.8, 4) is 11.5 Å². The summed E-state index contributed by atoms with van der Waals surface area (Å²) in [6.07, 6.45) is 1.74. The third-order valence-corrected chi connectivity index (χ3v) is 6.48. The van der Waals surface area contributed by atoms with Gasteiger partial charge in [0.2, 0.25) is 0 Å². The van der Waals surface area contributed by atoms with Gasteiger partial charge in [0.05, 0.1) is 5.56 Å². The molecule has 0 aromatic heterocycles. The lowest BCUT2D eigenvalue weighted by molar-refractivity contribution is 0.103. The highest BCUT2D eigenvalue weighted by molar-refractivity contribution is 6.46. The van der Waals surface area contributed by atoms with Crippen LogP contribution in [0.3, 0.4) is 0 Å². The van der Waals surface area contributed by atoms with Crippen LogP contribution in [0.15, 0.2) is 48.5 Å². The summed E-state index contributed by atoms with van der Waals surface area (Å²) in [5.41, 5.74) is 0.625. The summed E-state index contributed by atoms with van der Waals surface area (Å²) in [6, 6.07) is 13.7. The Morgan fingerprint density at radius 1 is 1.04 bits per heavy atom. The number of aromatic hydroxyl groups is 1. The van der Waals surface area contributed by atoms with Crippen LogP contribution in [-0.4, -0.2) is 39.1 Å². The summed E-state index contributed by atoms with van der Waals surface area (Å²) in [7, 11) is -2.00. The number of carbonyl (C=O) groups is 1. The molecular weight excluding hydrogens is 360 g/mol. The normalized spacial score (nSPS) is 12.1. The molecule has 0 fully saturated rings. The van der Waals surface area contributed by atoms with Crippen molar-refractivity contribution in [3.63, 3.8) is 0 Å². The molecule has 0 bridgehead atoms. The molecule has 1 unspecified atom stereocenters. The zero-order valence-corrected chi connectivity index (χ0v) is 17.3. The van der Waals surface area contributed by atoms with Gasteiger partial charge in [0.1, 0.15) is 17.2 Å². The van der Waals surface area contributed by atoms with Crippen LogP contribution in [-0.2, 0) is 8.85 Å². The molecule has 0 amide bonds. The molecule has 0 heterocycles. The second-order valence-electron chi connectivity index (χ2n) is 6.10. The maximum absolute atomic E-state index is 12.5. The van der Waals surface area contributed by atoms with Crippen LogP contribution < -0.4 is 4.74 Å². The van der Waals surface area contributed by atoms with Gasteiger partial charge >= 0.3 is 9.28 Å². The van der Waals surface area contributed by atoms with Gasteiger partial charge in [-0.1, -0.05) is 43.7 Å². The minimum absolute atomic E-state index is 0.0948. The van der Waals surface area contributed by atoms with Crippen molar-refractivity contribution in [2.24, 2.45) is 0 Å². The van der Waals surface area contributed by atoms with Gasteiger partial charge in [0.25, 0.3) is 0 Å². The SMILES string of the molecule is CCCC(Oc1ccc(C(=O)c2ccccc2)c(O)c1)[SiH](OCC)OCC. The predicted molar refractivity (Wildman–Crippen MR) is 108 cm³/mol. The van der Waals surface area contributed by atoms with E-state index in [1.807, 2.05) is 19.9 Å². The first-order valence-corrected chi connectivity index (χ1v) is 11.0. The first-order valence-electron chi connectivity index (χ1n) is 9.43. The minimum Gasteiger partial charge on any atom is -0.507 e. The summed E-state index contributed by atoms with van der Waals surface area (Å²) in [6.45, 7) is 7.13. The standard InChI is InChI=1S/C21H28O5Si/c1-4-10-20(27(24-5-2)25-6-3)26-17-13-14-18(19(22)15-17)21(23)16-11-8-7-9-12-16/h7-9,11-15,20,22,27H,4-6,10H2,1-3H3. The Labute approximate surface area is 162 Å². The number of hydrogen-bond acceptors (Lipinski definition) is 5. The van der Waals surface area contributed by atoms with Crippen molar-refractivity contribution in [1.29, 1.82) is 0 Å². The van der Waals surface area contributed by atoms with Crippen LogP contribution in [0.2, 0.25) is 0 Å². The molecule has 5 nitrogen and oxygen atoms in total. The molecule has 1 N–H and O–H groups in total. The van der Waals surface area contributed by atoms with Crippen LogP contribution in [0.4, 0.5) is 0 Å². The molecular formula is C21H28O5Si. The highest BCUT2D eigenvalue weighted by Crippen LogP contribution is 2.27. The number of rotatable bonds is 11. The highest BCUT2D eigenvalue weighted by Gasteiger charge is 2.27. The fourth-order valence-electron chi connectivity index (χ4n) is 2.82. The van der Waals surface area contributed by atoms with Gasteiger partial charge in [-0.25, -0.2) is 0 Å². The predicted octanol–water partition coefficient (Wildman–Crippen LogP) is 4.00. The number of carbonyl (C=O) groups excluding carboxylic acids is 1. The Morgan fingerprint density at radius 3 is 2.26 bits per heavy atom. The molecule has 2 aromatic carbocycles. The fraction of sp³-hybridized carbons (Fsp3) is 0.381. The van der Waals surface area contributed by atoms with Gasteiger partial charge in [-0.3, -0.25) is 4.79 Å². The van der Waals surface area contributed by atoms with Gasteiger partial charge in [-0.05, 0) is 32.4 Å². The molecule has 1 atom stereocenters. The topological polar surface area (TPSA) is 65.0 Å². The van der Waals surface area contributed by atoms with E-state index >= 15 is 0 Å². The summed E-state index contributed by atoms with van der Waals surface area (Å²) >= 11 is 0. The summed E-state index contributed by atoms with van der Waals surface area (Å²) in [4.78, 5) is 12.5. The third-order valence-electron chi connectivity index (χ3n) is 4.08. The quantitative estimate of drug-likeness (QED) is 0.465. The van der Waals surface area contributed by atoms with E-state index in [1.54, 1.807) is 36.4 Å². The lowest BCUT2D eigenvalue weighted by Crippen LogP contribution is -2.41. The van der Waals surface area contributed by atoms with E-state index in [4.69, 9.17) is 13.6 Å². The molecule has 0 radical (unpaired) electrons. The van der Waals surface area contributed by atoms with Crippen LogP contribution in [0.1, 0.15) is 49.5 Å². The molecule has 0 aliphatic carbocycles. The maximum atomic E-state index is 12.5. The van der Waals surface area contributed by atoms with E-state index in [-0.39, 0.29) is 22.8 Å². The van der Waals surface area contributed by atoms with E-state index in [1.165, 1.54) is 6.07 Å². The molecule has 0 saturated heterocycles. The molecule has 146 valence electrons. The summed E-state index contributed by atoms with van der Waals surface area (Å²) in [5, 5.41) is 10.4. The second-order valence-corrected chi connectivity index (χ2v) is 8.25. The molecule has 0 aliphatic heterocycles. The Morgan fingerprint density at radius 2 is 1.70 bits per heavy atom. The Kier molecular flexibility index (Phi) is 8.51. The van der Waals surface area contributed by atoms with E-state index in [0.29, 0.717) is 24.5 Å². The fourth-order valence-corrected chi connectivity index (χ4v) is 4.88. The number of phenols is 1. The zero-order chi connectivity index (χ0) is 19.6. The van der Waals surface area contributed by atoms with Crippen LogP contribution in [0, 0.1) is 0 Å². The first-order chi connectivity index (χ1) is 13.1. The minimum atomic E-state index is -2.00. The zero-order valence-electron chi connectivity index (χ0n) is 16.2. The number of ether oxygens (including phenoxy) is 1. The van der Waals surface area contributed by atoms with Gasteiger partial charge in [-0.2, -0.15) is 0 Å². The first kappa shape index (κ1) is 21.2. The number of hydrogen-bond donors (Lipinski definition) is 1. The van der Waals surface area contributed by atoms with Gasteiger partial charge in [0, 0.05) is 24.8 Å². The van der Waals surface area contributed by atoms with Crippen molar-refractivity contribution in [2.75, 3.05) is 13.2 Å². The lowest BCUT2D eigenvalue weighted by atomic mass is 10.0.